The SMILES string of the molecule is C=C1CC2C(N)CC12. The summed E-state index contributed by atoms with van der Waals surface area (Å²) < 4.78 is 0. The van der Waals surface area contributed by atoms with E-state index in [2.05, 4.69) is 6.58 Å². The Labute approximate surface area is 49.6 Å². The predicted molar refractivity (Wildman–Crippen MR) is 33.3 cm³/mol. The van der Waals surface area contributed by atoms with Gasteiger partial charge < -0.3 is 5.73 Å². The molecule has 2 saturated carbocycles. The minimum Gasteiger partial charge on any atom is -0.327 e. The molecular weight excluding hydrogens is 98.1 g/mol. The van der Waals surface area contributed by atoms with Crippen molar-refractivity contribution in [1.82, 2.24) is 0 Å². The van der Waals surface area contributed by atoms with Gasteiger partial charge in [0.05, 0.1) is 0 Å². The predicted octanol–water partition coefficient (Wildman–Crippen LogP) is 0.910. The fourth-order valence-corrected chi connectivity index (χ4v) is 1.80. The van der Waals surface area contributed by atoms with Gasteiger partial charge in [-0.15, -0.1) is 0 Å². The van der Waals surface area contributed by atoms with Crippen molar-refractivity contribution in [2.45, 2.75) is 18.9 Å². The lowest BCUT2D eigenvalue weighted by molar-refractivity contribution is 0.0964. The van der Waals surface area contributed by atoms with Gasteiger partial charge in [-0.1, -0.05) is 12.2 Å². The topological polar surface area (TPSA) is 26.0 Å². The zero-order valence-corrected chi connectivity index (χ0v) is 4.93. The summed E-state index contributed by atoms with van der Waals surface area (Å²) in [5.74, 6) is 1.67. The first-order valence-corrected chi connectivity index (χ1v) is 3.22. The Morgan fingerprint density at radius 3 is 2.50 bits per heavy atom. The molecule has 0 aromatic rings. The molecule has 2 fully saturated rings. The van der Waals surface area contributed by atoms with Gasteiger partial charge in [-0.05, 0) is 24.7 Å². The summed E-state index contributed by atoms with van der Waals surface area (Å²) in [6.07, 6.45) is 2.43. The van der Waals surface area contributed by atoms with Crippen LogP contribution in [-0.2, 0) is 0 Å². The molecule has 0 saturated heterocycles. The van der Waals surface area contributed by atoms with Gasteiger partial charge in [0, 0.05) is 6.04 Å². The maximum atomic E-state index is 5.68. The van der Waals surface area contributed by atoms with Gasteiger partial charge in [-0.25, -0.2) is 0 Å². The summed E-state index contributed by atoms with van der Waals surface area (Å²) in [6.45, 7) is 3.92. The third-order valence-corrected chi connectivity index (χ3v) is 2.62. The van der Waals surface area contributed by atoms with Crippen LogP contribution in [0.1, 0.15) is 12.8 Å². The first-order chi connectivity index (χ1) is 3.79. The monoisotopic (exact) mass is 109 g/mol. The highest BCUT2D eigenvalue weighted by atomic mass is 14.7. The van der Waals surface area contributed by atoms with Crippen molar-refractivity contribution >= 4 is 0 Å². The molecule has 0 spiro atoms. The molecule has 3 unspecified atom stereocenters. The van der Waals surface area contributed by atoms with Crippen LogP contribution in [-0.4, -0.2) is 6.04 Å². The lowest BCUT2D eigenvalue weighted by Crippen LogP contribution is -2.54. The van der Waals surface area contributed by atoms with Crippen LogP contribution < -0.4 is 5.73 Å². The van der Waals surface area contributed by atoms with Crippen LogP contribution in [0.4, 0.5) is 0 Å². The summed E-state index contributed by atoms with van der Waals surface area (Å²) >= 11 is 0. The number of nitrogens with two attached hydrogens (primary N) is 1. The molecule has 0 heterocycles. The van der Waals surface area contributed by atoms with Crippen LogP contribution >= 0.6 is 0 Å². The maximum Gasteiger partial charge on any atom is 0.00817 e. The van der Waals surface area contributed by atoms with E-state index >= 15 is 0 Å². The second-order valence-corrected chi connectivity index (χ2v) is 3.03. The van der Waals surface area contributed by atoms with E-state index in [1.165, 1.54) is 18.4 Å². The van der Waals surface area contributed by atoms with Crippen molar-refractivity contribution in [2.24, 2.45) is 17.6 Å². The van der Waals surface area contributed by atoms with E-state index in [0.717, 1.165) is 11.8 Å². The molecule has 0 radical (unpaired) electrons. The number of fused-ring (bicyclic) bond motifs is 1. The summed E-state index contributed by atoms with van der Waals surface area (Å²) in [6, 6.07) is 0.519. The highest BCUT2D eigenvalue weighted by Crippen LogP contribution is 2.52. The van der Waals surface area contributed by atoms with Gasteiger partial charge in [0.2, 0.25) is 0 Å². The molecule has 0 aliphatic heterocycles. The summed E-state index contributed by atoms with van der Waals surface area (Å²) in [4.78, 5) is 0. The highest BCUT2D eigenvalue weighted by molar-refractivity contribution is 5.23. The summed E-state index contributed by atoms with van der Waals surface area (Å²) in [5, 5.41) is 0. The molecule has 0 bridgehead atoms. The van der Waals surface area contributed by atoms with E-state index in [1.54, 1.807) is 0 Å². The van der Waals surface area contributed by atoms with Crippen molar-refractivity contribution < 1.29 is 0 Å². The largest absolute Gasteiger partial charge is 0.327 e. The smallest absolute Gasteiger partial charge is 0.00817 e. The number of rotatable bonds is 0. The molecule has 0 aromatic carbocycles. The van der Waals surface area contributed by atoms with E-state index in [9.17, 15) is 0 Å². The van der Waals surface area contributed by atoms with Crippen molar-refractivity contribution in [1.29, 1.82) is 0 Å². The molecule has 2 aliphatic carbocycles. The average molecular weight is 109 g/mol. The Hall–Kier alpha value is -0.300. The van der Waals surface area contributed by atoms with Crippen molar-refractivity contribution in [2.75, 3.05) is 0 Å². The van der Waals surface area contributed by atoms with Crippen LogP contribution in [0, 0.1) is 11.8 Å². The van der Waals surface area contributed by atoms with Crippen LogP contribution in [0.25, 0.3) is 0 Å². The molecule has 0 aromatic heterocycles. The maximum absolute atomic E-state index is 5.68. The lowest BCUT2D eigenvalue weighted by Gasteiger charge is -2.53. The minimum atomic E-state index is 0.519. The van der Waals surface area contributed by atoms with Crippen molar-refractivity contribution in [3.05, 3.63) is 12.2 Å². The van der Waals surface area contributed by atoms with Crippen LogP contribution in [0.2, 0.25) is 0 Å². The Kier molecular flexibility index (Phi) is 0.662. The van der Waals surface area contributed by atoms with Crippen molar-refractivity contribution in [3.63, 3.8) is 0 Å². The van der Waals surface area contributed by atoms with E-state index in [0.29, 0.717) is 6.04 Å². The fraction of sp³-hybridized carbons (Fsp3) is 0.714. The molecule has 3 atom stereocenters. The van der Waals surface area contributed by atoms with E-state index < -0.39 is 0 Å². The van der Waals surface area contributed by atoms with Gasteiger partial charge in [0.1, 0.15) is 0 Å². The standard InChI is InChI=1S/C7H11N/c1-4-2-6-5(4)3-7(6)8/h5-7H,1-3,8H2. The molecular formula is C7H11N. The lowest BCUT2D eigenvalue weighted by atomic mass is 9.54. The summed E-state index contributed by atoms with van der Waals surface area (Å²) in [7, 11) is 0. The van der Waals surface area contributed by atoms with Gasteiger partial charge in [0.15, 0.2) is 0 Å². The van der Waals surface area contributed by atoms with Crippen LogP contribution in [0.3, 0.4) is 0 Å². The molecule has 44 valence electrons. The van der Waals surface area contributed by atoms with E-state index in [-0.39, 0.29) is 0 Å². The highest BCUT2D eigenvalue weighted by Gasteiger charge is 2.47. The van der Waals surface area contributed by atoms with E-state index in [4.69, 9.17) is 5.73 Å². The second-order valence-electron chi connectivity index (χ2n) is 3.03. The number of hydrogen-bond donors (Lipinski definition) is 1. The molecule has 1 heteroatoms. The average Bonchev–Trinajstić information content (AvgIpc) is 1.76. The second kappa shape index (κ2) is 1.16. The minimum absolute atomic E-state index is 0.519. The first kappa shape index (κ1) is 4.57. The fourth-order valence-electron chi connectivity index (χ4n) is 1.80. The van der Waals surface area contributed by atoms with Crippen LogP contribution in [0.5, 0.6) is 0 Å². The zero-order valence-electron chi connectivity index (χ0n) is 4.93. The molecule has 8 heavy (non-hydrogen) atoms. The Morgan fingerprint density at radius 2 is 2.38 bits per heavy atom. The quantitative estimate of drug-likeness (QED) is 0.460. The Balaban J connectivity index is 2.05. The van der Waals surface area contributed by atoms with E-state index in [1.807, 2.05) is 0 Å². The molecule has 2 rings (SSSR count). The number of allylic oxidation sites excluding steroid dienone is 1. The van der Waals surface area contributed by atoms with Crippen LogP contribution in [0.15, 0.2) is 12.2 Å². The Morgan fingerprint density at radius 1 is 1.62 bits per heavy atom. The molecule has 2 aliphatic rings. The van der Waals surface area contributed by atoms with Crippen molar-refractivity contribution in [3.8, 4) is 0 Å². The number of hydrogen-bond acceptors (Lipinski definition) is 1. The summed E-state index contributed by atoms with van der Waals surface area (Å²) in [5.41, 5.74) is 7.13. The van der Waals surface area contributed by atoms with Gasteiger partial charge in [0.25, 0.3) is 0 Å². The first-order valence-electron chi connectivity index (χ1n) is 3.22. The van der Waals surface area contributed by atoms with Gasteiger partial charge >= 0.3 is 0 Å². The Bertz CT molecular complexity index is 139. The third kappa shape index (κ3) is 0.324. The van der Waals surface area contributed by atoms with Gasteiger partial charge in [-0.3, -0.25) is 0 Å². The molecule has 2 N–H and O–H groups in total. The molecule has 0 amide bonds. The zero-order chi connectivity index (χ0) is 5.72. The van der Waals surface area contributed by atoms with Gasteiger partial charge in [-0.2, -0.15) is 0 Å². The molecule has 1 nitrogen and oxygen atoms in total. The normalized spacial score (nSPS) is 51.6. The third-order valence-electron chi connectivity index (χ3n) is 2.62.